The summed E-state index contributed by atoms with van der Waals surface area (Å²) in [4.78, 5) is 25.2. The van der Waals surface area contributed by atoms with Crippen molar-refractivity contribution in [1.82, 2.24) is 4.90 Å². The monoisotopic (exact) mass is 276 g/mol. The Morgan fingerprint density at radius 3 is 2.20 bits per heavy atom. The average molecular weight is 276 g/mol. The summed E-state index contributed by atoms with van der Waals surface area (Å²) in [6, 6.07) is 6.95. The minimum absolute atomic E-state index is 0.00127. The maximum absolute atomic E-state index is 12.4. The zero-order chi connectivity index (χ0) is 14.7. The van der Waals surface area contributed by atoms with E-state index in [0.29, 0.717) is 24.3 Å². The second-order valence-corrected chi connectivity index (χ2v) is 5.23. The Labute approximate surface area is 118 Å². The van der Waals surface area contributed by atoms with E-state index in [2.05, 4.69) is 5.32 Å². The highest BCUT2D eigenvalue weighted by atomic mass is 16.5. The zero-order valence-electron chi connectivity index (χ0n) is 12.1. The number of hydrogen-bond donors (Lipinski definition) is 1. The average Bonchev–Trinajstić information content (AvgIpc) is 2.37. The van der Waals surface area contributed by atoms with Crippen LogP contribution in [-0.2, 0) is 9.53 Å². The smallest absolute Gasteiger partial charge is 0.254 e. The topological polar surface area (TPSA) is 58.6 Å². The van der Waals surface area contributed by atoms with Gasteiger partial charge >= 0.3 is 0 Å². The summed E-state index contributed by atoms with van der Waals surface area (Å²) < 4.78 is 5.62. The highest BCUT2D eigenvalue weighted by molar-refractivity contribution is 5.95. The van der Waals surface area contributed by atoms with Crippen LogP contribution >= 0.6 is 0 Å². The summed E-state index contributed by atoms with van der Waals surface area (Å²) in [6.07, 6.45) is 0.114. The molecule has 108 valence electrons. The van der Waals surface area contributed by atoms with E-state index in [0.717, 1.165) is 0 Å². The van der Waals surface area contributed by atoms with Crippen LogP contribution in [-0.4, -0.2) is 42.0 Å². The van der Waals surface area contributed by atoms with Crippen molar-refractivity contribution in [1.29, 1.82) is 0 Å². The van der Waals surface area contributed by atoms with Crippen molar-refractivity contribution in [2.75, 3.05) is 18.4 Å². The Morgan fingerprint density at radius 2 is 1.70 bits per heavy atom. The molecule has 5 heteroatoms. The summed E-state index contributed by atoms with van der Waals surface area (Å²) in [7, 11) is 0. The van der Waals surface area contributed by atoms with Gasteiger partial charge in [-0.05, 0) is 38.1 Å². The lowest BCUT2D eigenvalue weighted by Crippen LogP contribution is -2.48. The lowest BCUT2D eigenvalue weighted by atomic mass is 10.1. The molecule has 0 aromatic heterocycles. The molecule has 0 bridgehead atoms. The molecule has 1 heterocycles. The van der Waals surface area contributed by atoms with E-state index in [1.807, 2.05) is 18.7 Å². The molecule has 2 atom stereocenters. The first-order valence-corrected chi connectivity index (χ1v) is 6.78. The van der Waals surface area contributed by atoms with E-state index in [1.54, 1.807) is 24.3 Å². The minimum atomic E-state index is -0.125. The highest BCUT2D eigenvalue weighted by Gasteiger charge is 2.26. The highest BCUT2D eigenvalue weighted by Crippen LogP contribution is 2.16. The molecule has 0 spiro atoms. The number of carbonyl (C=O) groups excluding carboxylic acids is 2. The normalized spacial score (nSPS) is 22.4. The molecular weight excluding hydrogens is 256 g/mol. The molecular formula is C15H20N2O3. The van der Waals surface area contributed by atoms with Gasteiger partial charge in [-0.2, -0.15) is 0 Å². The molecule has 2 rings (SSSR count). The SMILES string of the molecule is CC(=O)Nc1ccc(C(=O)N2C[C@@H](C)O[C@@H](C)C2)cc1. The van der Waals surface area contributed by atoms with Crippen molar-refractivity contribution in [3.8, 4) is 0 Å². The first-order chi connectivity index (χ1) is 9.45. The lowest BCUT2D eigenvalue weighted by Gasteiger charge is -2.35. The Hall–Kier alpha value is -1.88. The minimum Gasteiger partial charge on any atom is -0.372 e. The van der Waals surface area contributed by atoms with Crippen LogP contribution in [0.3, 0.4) is 0 Å². The fourth-order valence-electron chi connectivity index (χ4n) is 2.43. The number of benzene rings is 1. The fraction of sp³-hybridized carbons (Fsp3) is 0.467. The van der Waals surface area contributed by atoms with Gasteiger partial charge in [-0.1, -0.05) is 0 Å². The molecule has 1 aliphatic heterocycles. The molecule has 2 amide bonds. The third-order valence-corrected chi connectivity index (χ3v) is 3.16. The second kappa shape index (κ2) is 6.05. The van der Waals surface area contributed by atoms with Crippen LogP contribution in [0, 0.1) is 0 Å². The lowest BCUT2D eigenvalue weighted by molar-refractivity contribution is -0.114. The van der Waals surface area contributed by atoms with E-state index in [-0.39, 0.29) is 24.0 Å². The number of carbonyl (C=O) groups is 2. The number of morpholine rings is 1. The van der Waals surface area contributed by atoms with Gasteiger partial charge in [0.15, 0.2) is 0 Å². The summed E-state index contributed by atoms with van der Waals surface area (Å²) in [5.41, 5.74) is 1.32. The van der Waals surface area contributed by atoms with E-state index in [1.165, 1.54) is 6.92 Å². The number of ether oxygens (including phenoxy) is 1. The van der Waals surface area contributed by atoms with E-state index in [4.69, 9.17) is 4.74 Å². The van der Waals surface area contributed by atoms with Crippen LogP contribution in [0.15, 0.2) is 24.3 Å². The number of nitrogens with zero attached hydrogens (tertiary/aromatic N) is 1. The standard InChI is InChI=1S/C15H20N2O3/c1-10-8-17(9-11(2)20-10)15(19)13-4-6-14(7-5-13)16-12(3)18/h4-7,10-11H,8-9H2,1-3H3,(H,16,18)/t10-,11+. The van der Waals surface area contributed by atoms with Crippen LogP contribution in [0.1, 0.15) is 31.1 Å². The summed E-state index contributed by atoms with van der Waals surface area (Å²) >= 11 is 0. The molecule has 0 saturated carbocycles. The molecule has 1 aliphatic rings. The van der Waals surface area contributed by atoms with Crippen molar-refractivity contribution in [2.24, 2.45) is 0 Å². The number of rotatable bonds is 2. The van der Waals surface area contributed by atoms with E-state index >= 15 is 0 Å². The molecule has 1 N–H and O–H groups in total. The Bertz CT molecular complexity index is 488. The Balaban J connectivity index is 2.07. The molecule has 1 fully saturated rings. The number of anilines is 1. The molecule has 0 radical (unpaired) electrons. The third kappa shape index (κ3) is 3.57. The predicted molar refractivity (Wildman–Crippen MR) is 76.7 cm³/mol. The first kappa shape index (κ1) is 14.5. The number of hydrogen-bond acceptors (Lipinski definition) is 3. The molecule has 1 aromatic carbocycles. The van der Waals surface area contributed by atoms with Crippen LogP contribution < -0.4 is 5.32 Å². The number of amides is 2. The Kier molecular flexibility index (Phi) is 4.39. The third-order valence-electron chi connectivity index (χ3n) is 3.16. The first-order valence-electron chi connectivity index (χ1n) is 6.78. The molecule has 5 nitrogen and oxygen atoms in total. The summed E-state index contributed by atoms with van der Waals surface area (Å²) in [6.45, 7) is 6.61. The molecule has 20 heavy (non-hydrogen) atoms. The number of nitrogens with one attached hydrogen (secondary N) is 1. The van der Waals surface area contributed by atoms with Crippen LogP contribution in [0.25, 0.3) is 0 Å². The quantitative estimate of drug-likeness (QED) is 0.897. The summed E-state index contributed by atoms with van der Waals surface area (Å²) in [5, 5.41) is 2.68. The molecule has 1 aromatic rings. The van der Waals surface area contributed by atoms with Gasteiger partial charge in [0.2, 0.25) is 5.91 Å². The molecule has 0 unspecified atom stereocenters. The second-order valence-electron chi connectivity index (χ2n) is 5.23. The Morgan fingerprint density at radius 1 is 1.15 bits per heavy atom. The van der Waals surface area contributed by atoms with Crippen LogP contribution in [0.5, 0.6) is 0 Å². The van der Waals surface area contributed by atoms with Gasteiger partial charge < -0.3 is 15.0 Å². The van der Waals surface area contributed by atoms with Crippen LogP contribution in [0.4, 0.5) is 5.69 Å². The van der Waals surface area contributed by atoms with Crippen molar-refractivity contribution >= 4 is 17.5 Å². The van der Waals surface area contributed by atoms with E-state index < -0.39 is 0 Å². The van der Waals surface area contributed by atoms with Crippen molar-refractivity contribution in [2.45, 2.75) is 33.0 Å². The van der Waals surface area contributed by atoms with Crippen molar-refractivity contribution in [3.05, 3.63) is 29.8 Å². The zero-order valence-corrected chi connectivity index (χ0v) is 12.1. The summed E-state index contributed by atoms with van der Waals surface area (Å²) in [5.74, 6) is -0.124. The molecule has 1 saturated heterocycles. The van der Waals surface area contributed by atoms with Gasteiger partial charge in [0, 0.05) is 31.3 Å². The van der Waals surface area contributed by atoms with Gasteiger partial charge in [0.25, 0.3) is 5.91 Å². The van der Waals surface area contributed by atoms with Gasteiger partial charge in [-0.15, -0.1) is 0 Å². The van der Waals surface area contributed by atoms with Crippen molar-refractivity contribution in [3.63, 3.8) is 0 Å². The van der Waals surface area contributed by atoms with E-state index in [9.17, 15) is 9.59 Å². The molecule has 0 aliphatic carbocycles. The fourth-order valence-corrected chi connectivity index (χ4v) is 2.43. The van der Waals surface area contributed by atoms with Gasteiger partial charge in [0.1, 0.15) is 0 Å². The van der Waals surface area contributed by atoms with Gasteiger partial charge in [0.05, 0.1) is 12.2 Å². The van der Waals surface area contributed by atoms with Crippen LogP contribution in [0.2, 0.25) is 0 Å². The van der Waals surface area contributed by atoms with Crippen molar-refractivity contribution < 1.29 is 14.3 Å². The largest absolute Gasteiger partial charge is 0.372 e. The van der Waals surface area contributed by atoms with Gasteiger partial charge in [-0.25, -0.2) is 0 Å². The van der Waals surface area contributed by atoms with Gasteiger partial charge in [-0.3, -0.25) is 9.59 Å². The maximum Gasteiger partial charge on any atom is 0.254 e. The predicted octanol–water partition coefficient (Wildman–Crippen LogP) is 1.89. The maximum atomic E-state index is 12.4.